The van der Waals surface area contributed by atoms with Crippen LogP contribution >= 0.6 is 0 Å². The molecule has 0 bridgehead atoms. The van der Waals surface area contributed by atoms with Gasteiger partial charge in [-0.05, 0) is 112 Å². The lowest BCUT2D eigenvalue weighted by Crippen LogP contribution is -2.49. The molecule has 0 spiro atoms. The number of hydrogen-bond acceptors (Lipinski definition) is 10. The Morgan fingerprint density at radius 2 is 1.62 bits per heavy atom. The predicted octanol–water partition coefficient (Wildman–Crippen LogP) is 4.44. The molecule has 3 saturated heterocycles. The van der Waals surface area contributed by atoms with Crippen LogP contribution in [0.15, 0.2) is 53.7 Å². The SMILES string of the molecule is CC(C#Cc1cc(S(=O)(=O)N2CCC(Nc3ncc(C4CC4)cn3)CC2)ccc1C#N)N1CCC(c2ccc3c(N4CCC(=O)NC4=O)nn(C)c3c2)CC1. The Morgan fingerprint density at radius 1 is 0.891 bits per heavy atom. The molecule has 5 heterocycles. The minimum Gasteiger partial charge on any atom is -0.351 e. The number of sulfonamides is 1. The van der Waals surface area contributed by atoms with Crippen molar-refractivity contribution < 1.29 is 18.0 Å². The number of fused-ring (bicyclic) bond motifs is 1. The zero-order valence-electron chi connectivity index (χ0n) is 31.0. The lowest BCUT2D eigenvalue weighted by atomic mass is 9.88. The highest BCUT2D eigenvalue weighted by Crippen LogP contribution is 2.39. The number of imide groups is 1. The van der Waals surface area contributed by atoms with Gasteiger partial charge in [0.2, 0.25) is 21.9 Å². The number of aromatic nitrogens is 4. The Kier molecular flexibility index (Phi) is 10.0. The minimum absolute atomic E-state index is 0.0790. The fourth-order valence-corrected chi connectivity index (χ4v) is 9.36. The first kappa shape index (κ1) is 36.6. The zero-order valence-corrected chi connectivity index (χ0v) is 31.8. The highest BCUT2D eigenvalue weighted by atomic mass is 32.2. The maximum Gasteiger partial charge on any atom is 0.329 e. The van der Waals surface area contributed by atoms with Gasteiger partial charge >= 0.3 is 6.03 Å². The van der Waals surface area contributed by atoms with E-state index in [1.807, 2.05) is 32.4 Å². The lowest BCUT2D eigenvalue weighted by Gasteiger charge is -2.34. The molecule has 1 saturated carbocycles. The summed E-state index contributed by atoms with van der Waals surface area (Å²) in [5, 5.41) is 21.1. The minimum atomic E-state index is -3.78. The molecule has 2 aromatic heterocycles. The molecule has 0 radical (unpaired) electrons. The fourth-order valence-electron chi connectivity index (χ4n) is 7.87. The topological polar surface area (TPSA) is 169 Å². The van der Waals surface area contributed by atoms with Crippen LogP contribution in [0.2, 0.25) is 0 Å². The van der Waals surface area contributed by atoms with Crippen LogP contribution in [0.4, 0.5) is 16.6 Å². The summed E-state index contributed by atoms with van der Waals surface area (Å²) in [5.41, 5.74) is 4.07. The van der Waals surface area contributed by atoms with Crippen molar-refractivity contribution in [2.24, 2.45) is 7.05 Å². The van der Waals surface area contributed by atoms with E-state index in [1.165, 1.54) is 45.3 Å². The van der Waals surface area contributed by atoms with Crippen molar-refractivity contribution in [2.75, 3.05) is 42.9 Å². The fraction of sp³-hybridized carbons (Fsp3) is 0.450. The number of aryl methyl sites for hydroxylation is 1. The first-order chi connectivity index (χ1) is 26.6. The molecule has 1 atom stereocenters. The molecule has 1 unspecified atom stereocenters. The largest absolute Gasteiger partial charge is 0.351 e. The number of nitrogens with zero attached hydrogens (tertiary/aromatic N) is 8. The number of anilines is 2. The molecule has 2 N–H and O–H groups in total. The molecule has 4 aliphatic rings. The second-order valence-corrected chi connectivity index (χ2v) is 16.9. The molecular formula is C40H44N10O4S. The van der Waals surface area contributed by atoms with Gasteiger partial charge in [-0.1, -0.05) is 17.9 Å². The Bertz CT molecular complexity index is 2340. The zero-order chi connectivity index (χ0) is 38.3. The molecule has 3 aliphatic heterocycles. The highest BCUT2D eigenvalue weighted by molar-refractivity contribution is 7.89. The molecule has 2 aromatic carbocycles. The molecule has 14 nitrogen and oxygen atoms in total. The van der Waals surface area contributed by atoms with Crippen LogP contribution in [0.3, 0.4) is 0 Å². The van der Waals surface area contributed by atoms with Crippen molar-refractivity contribution in [1.82, 2.24) is 34.3 Å². The van der Waals surface area contributed by atoms with Gasteiger partial charge < -0.3 is 5.32 Å². The van der Waals surface area contributed by atoms with Gasteiger partial charge in [0.05, 0.1) is 22.0 Å². The third kappa shape index (κ3) is 7.65. The van der Waals surface area contributed by atoms with E-state index in [0.717, 1.165) is 36.8 Å². The molecule has 55 heavy (non-hydrogen) atoms. The Hall–Kier alpha value is -5.35. The van der Waals surface area contributed by atoms with Crippen LogP contribution in [0, 0.1) is 23.2 Å². The van der Waals surface area contributed by atoms with Crippen molar-refractivity contribution >= 4 is 44.6 Å². The molecule has 1 aliphatic carbocycles. The van der Waals surface area contributed by atoms with Crippen molar-refractivity contribution in [3.8, 4) is 17.9 Å². The smallest absolute Gasteiger partial charge is 0.329 e. The second kappa shape index (κ2) is 15.1. The summed E-state index contributed by atoms with van der Waals surface area (Å²) in [6.07, 6.45) is 9.53. The standard InChI is InChI=1S/C40H44N10O4S/c1-26(48-16-11-28(12-17-48)30-8-10-35-36(22-30)47(2)46-38(35)50-20-15-37(51)45-40(50)52)3-4-29-21-34(9-7-31(29)23-41)55(53,54)49-18-13-33(14-19-49)44-39-42-24-32(25-43-39)27-5-6-27/h7-10,21-22,24-28,33H,5-6,11-20H2,1-2H3,(H,42,43,44)(H,45,51,52). The van der Waals surface area contributed by atoms with Crippen LogP contribution in [-0.4, -0.2) is 94.1 Å². The van der Waals surface area contributed by atoms with Gasteiger partial charge in [-0.15, -0.1) is 0 Å². The van der Waals surface area contributed by atoms with Gasteiger partial charge in [0, 0.05) is 62.5 Å². The average Bonchev–Trinajstić information content (AvgIpc) is 4.00. The predicted molar refractivity (Wildman–Crippen MR) is 207 cm³/mol. The number of amides is 3. The third-order valence-electron chi connectivity index (χ3n) is 11.4. The van der Waals surface area contributed by atoms with Crippen LogP contribution in [0.1, 0.15) is 86.0 Å². The molecule has 4 aromatic rings. The maximum atomic E-state index is 13.7. The molecule has 3 amide bonds. The summed E-state index contributed by atoms with van der Waals surface area (Å²) in [7, 11) is -1.92. The van der Waals surface area contributed by atoms with E-state index in [1.54, 1.807) is 10.7 Å². The van der Waals surface area contributed by atoms with Gasteiger partial charge in [0.15, 0.2) is 5.82 Å². The average molecular weight is 761 g/mol. The Morgan fingerprint density at radius 3 is 2.31 bits per heavy atom. The van der Waals surface area contributed by atoms with Crippen LogP contribution < -0.4 is 15.5 Å². The van der Waals surface area contributed by atoms with Gasteiger partial charge in [0.25, 0.3) is 0 Å². The summed E-state index contributed by atoms with van der Waals surface area (Å²) in [6, 6.07) is 12.6. The number of nitriles is 1. The number of carbonyl (C=O) groups is 2. The molecule has 15 heteroatoms. The van der Waals surface area contributed by atoms with Crippen LogP contribution in [0.5, 0.6) is 0 Å². The Balaban J connectivity index is 0.882. The number of carbonyl (C=O) groups excluding carboxylic acids is 2. The van der Waals surface area contributed by atoms with E-state index < -0.39 is 16.1 Å². The van der Waals surface area contributed by atoms with E-state index in [0.29, 0.717) is 67.2 Å². The summed E-state index contributed by atoms with van der Waals surface area (Å²) < 4.78 is 30.8. The normalized spacial score (nSPS) is 19.8. The van der Waals surface area contributed by atoms with Crippen molar-refractivity contribution in [1.29, 1.82) is 5.26 Å². The maximum absolute atomic E-state index is 13.7. The van der Waals surface area contributed by atoms with Gasteiger partial charge in [0.1, 0.15) is 6.07 Å². The quantitative estimate of drug-likeness (QED) is 0.245. The first-order valence-corrected chi connectivity index (χ1v) is 20.5. The number of benzene rings is 2. The van der Waals surface area contributed by atoms with E-state index in [2.05, 4.69) is 60.6 Å². The van der Waals surface area contributed by atoms with Crippen molar-refractivity contribution in [2.45, 2.75) is 80.7 Å². The van der Waals surface area contributed by atoms with Crippen LogP contribution in [0.25, 0.3) is 10.9 Å². The van der Waals surface area contributed by atoms with E-state index in [4.69, 9.17) is 0 Å². The third-order valence-corrected chi connectivity index (χ3v) is 13.3. The van der Waals surface area contributed by atoms with Crippen LogP contribution in [-0.2, 0) is 21.9 Å². The molecule has 8 rings (SSSR count). The first-order valence-electron chi connectivity index (χ1n) is 19.0. The number of piperidine rings is 2. The van der Waals surface area contributed by atoms with Gasteiger partial charge in [-0.25, -0.2) is 23.2 Å². The van der Waals surface area contributed by atoms with E-state index in [-0.39, 0.29) is 29.3 Å². The number of urea groups is 1. The number of nitrogens with one attached hydrogen (secondary N) is 2. The second-order valence-electron chi connectivity index (χ2n) is 15.0. The van der Waals surface area contributed by atoms with Gasteiger partial charge in [-0.2, -0.15) is 14.7 Å². The highest BCUT2D eigenvalue weighted by Gasteiger charge is 2.32. The molecule has 4 fully saturated rings. The monoisotopic (exact) mass is 760 g/mol. The summed E-state index contributed by atoms with van der Waals surface area (Å²) >= 11 is 0. The van der Waals surface area contributed by atoms with Crippen molar-refractivity contribution in [3.63, 3.8) is 0 Å². The number of likely N-dealkylation sites (tertiary alicyclic amines) is 1. The number of hydrogen-bond donors (Lipinski definition) is 2. The van der Waals surface area contributed by atoms with Crippen molar-refractivity contribution in [3.05, 3.63) is 71.0 Å². The van der Waals surface area contributed by atoms with Gasteiger partial charge in [-0.3, -0.25) is 24.6 Å². The van der Waals surface area contributed by atoms with E-state index in [9.17, 15) is 23.3 Å². The summed E-state index contributed by atoms with van der Waals surface area (Å²) in [5.74, 6) is 8.23. The molecule has 284 valence electrons. The summed E-state index contributed by atoms with van der Waals surface area (Å²) in [6.45, 7) is 4.74. The lowest BCUT2D eigenvalue weighted by molar-refractivity contribution is -0.120. The summed E-state index contributed by atoms with van der Waals surface area (Å²) in [4.78, 5) is 37.1. The number of rotatable bonds is 8. The molecular weight excluding hydrogens is 717 g/mol. The van der Waals surface area contributed by atoms with E-state index >= 15 is 0 Å². The Labute approximate surface area is 320 Å².